The summed E-state index contributed by atoms with van der Waals surface area (Å²) in [7, 11) is 0. The molecule has 3 atom stereocenters. The van der Waals surface area contributed by atoms with Crippen LogP contribution in [0.3, 0.4) is 0 Å². The Hall–Kier alpha value is -1.29. The first-order chi connectivity index (χ1) is 7.33. The lowest BCUT2D eigenvalue weighted by Gasteiger charge is -2.21. The number of pyridine rings is 1. The molecule has 0 amide bonds. The van der Waals surface area contributed by atoms with Crippen molar-refractivity contribution < 1.29 is 4.74 Å². The van der Waals surface area contributed by atoms with Crippen LogP contribution < -0.4 is 11.1 Å². The van der Waals surface area contributed by atoms with Gasteiger partial charge in [-0.3, -0.25) is 4.98 Å². The Balaban J connectivity index is 1.73. The Bertz CT molecular complexity index is 369. The van der Waals surface area contributed by atoms with E-state index < -0.39 is 0 Å². The van der Waals surface area contributed by atoms with Crippen LogP contribution in [-0.2, 0) is 4.74 Å². The van der Waals surface area contributed by atoms with Crippen molar-refractivity contribution in [1.29, 1.82) is 0 Å². The Morgan fingerprint density at radius 1 is 1.47 bits per heavy atom. The van der Waals surface area contributed by atoms with Crippen molar-refractivity contribution in [3.63, 3.8) is 0 Å². The molecule has 0 aliphatic carbocycles. The van der Waals surface area contributed by atoms with Gasteiger partial charge in [-0.2, -0.15) is 0 Å². The van der Waals surface area contributed by atoms with Crippen LogP contribution >= 0.6 is 0 Å². The fourth-order valence-electron chi connectivity index (χ4n) is 2.53. The van der Waals surface area contributed by atoms with Crippen molar-refractivity contribution >= 4 is 11.4 Å². The highest BCUT2D eigenvalue weighted by atomic mass is 16.5. The van der Waals surface area contributed by atoms with Gasteiger partial charge in [0.25, 0.3) is 0 Å². The number of ether oxygens (including phenoxy) is 1. The Labute approximate surface area is 88.8 Å². The van der Waals surface area contributed by atoms with Crippen molar-refractivity contribution in [3.8, 4) is 0 Å². The molecule has 2 aliphatic rings. The molecule has 0 radical (unpaired) electrons. The lowest BCUT2D eigenvalue weighted by atomic mass is 9.95. The van der Waals surface area contributed by atoms with E-state index in [1.165, 1.54) is 12.8 Å². The van der Waals surface area contributed by atoms with E-state index >= 15 is 0 Å². The van der Waals surface area contributed by atoms with Gasteiger partial charge in [-0.1, -0.05) is 0 Å². The number of anilines is 2. The summed E-state index contributed by atoms with van der Waals surface area (Å²) in [5.74, 6) is 0. The number of fused-ring (bicyclic) bond motifs is 2. The first-order valence-electron chi connectivity index (χ1n) is 5.44. The van der Waals surface area contributed by atoms with E-state index in [0.29, 0.717) is 23.9 Å². The average molecular weight is 205 g/mol. The molecule has 0 saturated carbocycles. The molecule has 2 saturated heterocycles. The molecule has 4 nitrogen and oxygen atoms in total. The molecule has 2 aliphatic heterocycles. The minimum atomic E-state index is 0.377. The molecule has 4 heteroatoms. The van der Waals surface area contributed by atoms with E-state index in [4.69, 9.17) is 10.5 Å². The van der Waals surface area contributed by atoms with Gasteiger partial charge in [0, 0.05) is 6.20 Å². The second-order valence-electron chi connectivity index (χ2n) is 4.32. The summed E-state index contributed by atoms with van der Waals surface area (Å²) < 4.78 is 5.78. The van der Waals surface area contributed by atoms with Crippen molar-refractivity contribution in [2.45, 2.75) is 37.5 Å². The molecule has 2 fully saturated rings. The summed E-state index contributed by atoms with van der Waals surface area (Å²) >= 11 is 0. The van der Waals surface area contributed by atoms with E-state index in [1.54, 1.807) is 12.4 Å². The molecule has 15 heavy (non-hydrogen) atoms. The Morgan fingerprint density at radius 3 is 3.07 bits per heavy atom. The second kappa shape index (κ2) is 3.38. The SMILES string of the molecule is Nc1cnccc1NC1CC2CCC1O2. The van der Waals surface area contributed by atoms with Gasteiger partial charge in [0.1, 0.15) is 0 Å². The van der Waals surface area contributed by atoms with Crippen molar-refractivity contribution in [2.75, 3.05) is 11.1 Å². The number of hydrogen-bond acceptors (Lipinski definition) is 4. The third kappa shape index (κ3) is 1.55. The van der Waals surface area contributed by atoms with Crippen LogP contribution in [0.2, 0.25) is 0 Å². The van der Waals surface area contributed by atoms with Gasteiger partial charge in [0.2, 0.25) is 0 Å². The number of hydrogen-bond donors (Lipinski definition) is 2. The fraction of sp³-hybridized carbons (Fsp3) is 0.545. The van der Waals surface area contributed by atoms with Crippen LogP contribution in [0.25, 0.3) is 0 Å². The van der Waals surface area contributed by atoms with Gasteiger partial charge >= 0.3 is 0 Å². The second-order valence-corrected chi connectivity index (χ2v) is 4.32. The maximum atomic E-state index is 5.83. The molecule has 1 aromatic heterocycles. The molecular weight excluding hydrogens is 190 g/mol. The molecular formula is C11H15N3O. The fourth-order valence-corrected chi connectivity index (χ4v) is 2.53. The molecule has 2 bridgehead atoms. The number of aromatic nitrogens is 1. The monoisotopic (exact) mass is 205 g/mol. The molecule has 0 aromatic carbocycles. The highest BCUT2D eigenvalue weighted by Crippen LogP contribution is 2.36. The van der Waals surface area contributed by atoms with Crippen molar-refractivity contribution in [1.82, 2.24) is 4.98 Å². The number of nitrogens with two attached hydrogens (primary N) is 1. The van der Waals surface area contributed by atoms with Crippen LogP contribution in [0.1, 0.15) is 19.3 Å². The minimum Gasteiger partial charge on any atom is -0.396 e. The molecule has 3 rings (SSSR count). The van der Waals surface area contributed by atoms with Gasteiger partial charge in [0.05, 0.1) is 35.8 Å². The third-order valence-corrected chi connectivity index (χ3v) is 3.30. The first kappa shape index (κ1) is 8.97. The van der Waals surface area contributed by atoms with Gasteiger partial charge in [-0.15, -0.1) is 0 Å². The normalized spacial score (nSPS) is 33.2. The zero-order valence-electron chi connectivity index (χ0n) is 8.52. The number of nitrogens with zero attached hydrogens (tertiary/aromatic N) is 1. The zero-order valence-corrected chi connectivity index (χ0v) is 8.52. The van der Waals surface area contributed by atoms with Crippen LogP contribution in [0, 0.1) is 0 Å². The van der Waals surface area contributed by atoms with E-state index in [2.05, 4.69) is 10.3 Å². The molecule has 0 spiro atoms. The quantitative estimate of drug-likeness (QED) is 0.766. The van der Waals surface area contributed by atoms with Crippen LogP contribution in [-0.4, -0.2) is 23.2 Å². The topological polar surface area (TPSA) is 60.2 Å². The highest BCUT2D eigenvalue weighted by Gasteiger charge is 2.40. The van der Waals surface area contributed by atoms with E-state index in [1.807, 2.05) is 6.07 Å². The molecule has 1 aromatic rings. The molecule has 3 N–H and O–H groups in total. The van der Waals surface area contributed by atoms with Crippen LogP contribution in [0.5, 0.6) is 0 Å². The molecule has 80 valence electrons. The third-order valence-electron chi connectivity index (χ3n) is 3.30. The average Bonchev–Trinajstić information content (AvgIpc) is 2.83. The molecule has 3 heterocycles. The number of rotatable bonds is 2. The minimum absolute atomic E-state index is 0.377. The maximum absolute atomic E-state index is 5.83. The van der Waals surface area contributed by atoms with Gasteiger partial charge in [-0.25, -0.2) is 0 Å². The largest absolute Gasteiger partial charge is 0.396 e. The van der Waals surface area contributed by atoms with E-state index in [-0.39, 0.29) is 0 Å². The van der Waals surface area contributed by atoms with Crippen LogP contribution in [0.15, 0.2) is 18.5 Å². The Morgan fingerprint density at radius 2 is 2.40 bits per heavy atom. The number of nitrogens with one attached hydrogen (secondary N) is 1. The lowest BCUT2D eigenvalue weighted by molar-refractivity contribution is 0.102. The number of nitrogen functional groups attached to an aromatic ring is 1. The van der Waals surface area contributed by atoms with Crippen LogP contribution in [0.4, 0.5) is 11.4 Å². The summed E-state index contributed by atoms with van der Waals surface area (Å²) in [4.78, 5) is 3.97. The van der Waals surface area contributed by atoms with Gasteiger partial charge in [0.15, 0.2) is 0 Å². The smallest absolute Gasteiger partial charge is 0.0781 e. The predicted octanol–water partition coefficient (Wildman–Crippen LogP) is 1.40. The van der Waals surface area contributed by atoms with Crippen molar-refractivity contribution in [3.05, 3.63) is 18.5 Å². The highest BCUT2D eigenvalue weighted by molar-refractivity contribution is 5.64. The summed E-state index contributed by atoms with van der Waals surface area (Å²) in [6, 6.07) is 2.34. The molecule has 3 unspecified atom stereocenters. The maximum Gasteiger partial charge on any atom is 0.0781 e. The standard InChI is InChI=1S/C11H15N3O/c12-8-6-13-4-3-9(8)14-10-5-7-1-2-11(10)15-7/h3-4,6-7,10-11H,1-2,5,12H2,(H,13,14). The summed E-state index contributed by atoms with van der Waals surface area (Å²) in [6.07, 6.45) is 7.77. The van der Waals surface area contributed by atoms with Gasteiger partial charge < -0.3 is 15.8 Å². The lowest BCUT2D eigenvalue weighted by Crippen LogP contribution is -2.30. The zero-order chi connectivity index (χ0) is 10.3. The van der Waals surface area contributed by atoms with E-state index in [0.717, 1.165) is 12.1 Å². The summed E-state index contributed by atoms with van der Waals surface area (Å²) in [6.45, 7) is 0. The van der Waals surface area contributed by atoms with E-state index in [9.17, 15) is 0 Å². The predicted molar refractivity (Wildman–Crippen MR) is 58.6 cm³/mol. The Kier molecular flexibility index (Phi) is 2.02. The van der Waals surface area contributed by atoms with Crippen molar-refractivity contribution in [2.24, 2.45) is 0 Å². The summed E-state index contributed by atoms with van der Waals surface area (Å²) in [5, 5.41) is 3.45. The summed E-state index contributed by atoms with van der Waals surface area (Å²) in [5.41, 5.74) is 7.52. The first-order valence-corrected chi connectivity index (χ1v) is 5.44. The van der Waals surface area contributed by atoms with Gasteiger partial charge in [-0.05, 0) is 25.3 Å².